The molecule has 0 aromatic heterocycles. The number of sulfonamides is 3. The van der Waals surface area contributed by atoms with Gasteiger partial charge in [0.1, 0.15) is 9.79 Å². The van der Waals surface area contributed by atoms with E-state index in [9.17, 15) is 25.3 Å². The topological polar surface area (TPSA) is 206 Å². The number of hydrogen-bond donors (Lipinski definition) is 4. The van der Waals surface area contributed by atoms with Crippen LogP contribution in [0.3, 0.4) is 0 Å². The second-order valence-corrected chi connectivity index (χ2v) is 8.09. The third kappa shape index (κ3) is 3.40. The van der Waals surface area contributed by atoms with Crippen molar-refractivity contribution in [3.8, 4) is 0 Å². The van der Waals surface area contributed by atoms with E-state index in [4.69, 9.17) is 21.2 Å². The van der Waals surface area contributed by atoms with Crippen molar-refractivity contribution >= 4 is 35.8 Å². The molecular formula is C6H10N4O6S3. The lowest BCUT2D eigenvalue weighted by atomic mass is 10.3. The van der Waals surface area contributed by atoms with Gasteiger partial charge in [0.2, 0.25) is 30.1 Å². The molecule has 8 N–H and O–H groups in total. The molecule has 10 nitrogen and oxygen atoms in total. The molecule has 0 heterocycles. The van der Waals surface area contributed by atoms with Crippen LogP contribution in [0.4, 0.5) is 5.69 Å². The van der Waals surface area contributed by atoms with Gasteiger partial charge in [0.15, 0.2) is 0 Å². The number of hydrogen-bond acceptors (Lipinski definition) is 7. The molecule has 0 aliphatic heterocycles. The minimum absolute atomic E-state index is 0.550. The summed E-state index contributed by atoms with van der Waals surface area (Å²) in [6, 6.07) is 1.10. The van der Waals surface area contributed by atoms with Crippen LogP contribution in [0.5, 0.6) is 0 Å². The van der Waals surface area contributed by atoms with Crippen molar-refractivity contribution in [2.75, 3.05) is 5.73 Å². The standard InChI is InChI=1S/C6H10N4O6S3/c7-6-4(18(9,13)14)1-3(17(8,11)12)2-5(6)19(10,15)16/h1-2H,7H2,(H2,8,11,12)(H2,9,13,14)(H2,10,15,16). The van der Waals surface area contributed by atoms with E-state index in [2.05, 4.69) is 0 Å². The van der Waals surface area contributed by atoms with E-state index in [-0.39, 0.29) is 0 Å². The molecule has 0 fully saturated rings. The highest BCUT2D eigenvalue weighted by Crippen LogP contribution is 2.28. The van der Waals surface area contributed by atoms with Gasteiger partial charge >= 0.3 is 0 Å². The molecule has 0 radical (unpaired) electrons. The molecule has 0 saturated heterocycles. The van der Waals surface area contributed by atoms with Crippen LogP contribution in [0.1, 0.15) is 0 Å². The lowest BCUT2D eigenvalue weighted by molar-refractivity contribution is 0.594. The Labute approximate surface area is 109 Å². The van der Waals surface area contributed by atoms with Gasteiger partial charge < -0.3 is 5.73 Å². The normalized spacial score (nSPS) is 13.4. The molecule has 19 heavy (non-hydrogen) atoms. The lowest BCUT2D eigenvalue weighted by Gasteiger charge is -2.10. The highest BCUT2D eigenvalue weighted by atomic mass is 32.2. The first kappa shape index (κ1) is 15.8. The smallest absolute Gasteiger partial charge is 0.240 e. The van der Waals surface area contributed by atoms with E-state index in [0.717, 1.165) is 0 Å². The van der Waals surface area contributed by atoms with Crippen molar-refractivity contribution in [2.24, 2.45) is 15.4 Å². The highest BCUT2D eigenvalue weighted by Gasteiger charge is 2.25. The van der Waals surface area contributed by atoms with Gasteiger partial charge in [0, 0.05) is 0 Å². The molecule has 0 saturated carbocycles. The van der Waals surface area contributed by atoms with E-state index < -0.39 is 50.4 Å². The summed E-state index contributed by atoms with van der Waals surface area (Å²) in [4.78, 5) is -2.60. The van der Waals surface area contributed by atoms with Crippen LogP contribution in [-0.4, -0.2) is 25.3 Å². The maximum absolute atomic E-state index is 11.2. The van der Waals surface area contributed by atoms with Crippen LogP contribution in [0, 0.1) is 0 Å². The van der Waals surface area contributed by atoms with Crippen molar-refractivity contribution in [1.82, 2.24) is 0 Å². The molecule has 108 valence electrons. The summed E-state index contributed by atoms with van der Waals surface area (Å²) >= 11 is 0. The van der Waals surface area contributed by atoms with E-state index in [0.29, 0.717) is 12.1 Å². The fourth-order valence-corrected chi connectivity index (χ4v) is 3.41. The molecule has 1 rings (SSSR count). The Morgan fingerprint density at radius 2 is 1.00 bits per heavy atom. The molecule has 0 bridgehead atoms. The van der Waals surface area contributed by atoms with Crippen LogP contribution in [0.2, 0.25) is 0 Å². The van der Waals surface area contributed by atoms with Gasteiger partial charge in [-0.25, -0.2) is 40.7 Å². The fourth-order valence-electron chi connectivity index (χ4n) is 1.21. The molecule has 0 amide bonds. The number of primary sulfonamides is 3. The van der Waals surface area contributed by atoms with Crippen molar-refractivity contribution in [3.63, 3.8) is 0 Å². The number of rotatable bonds is 3. The summed E-state index contributed by atoms with van der Waals surface area (Å²) in [6.07, 6.45) is 0. The van der Waals surface area contributed by atoms with Crippen LogP contribution >= 0.6 is 0 Å². The third-order valence-electron chi connectivity index (χ3n) is 2.02. The molecule has 0 atom stereocenters. The molecule has 0 aliphatic carbocycles. The molecule has 0 spiro atoms. The largest absolute Gasteiger partial charge is 0.397 e. The summed E-state index contributed by atoms with van der Waals surface area (Å²) in [5, 5.41) is 14.4. The quantitative estimate of drug-likeness (QED) is 0.428. The first-order chi connectivity index (χ1) is 8.24. The molecule has 13 heteroatoms. The predicted octanol–water partition coefficient (Wildman–Crippen LogP) is -2.79. The maximum atomic E-state index is 11.2. The summed E-state index contributed by atoms with van der Waals surface area (Å²) < 4.78 is 67.3. The van der Waals surface area contributed by atoms with Crippen LogP contribution in [0.15, 0.2) is 26.8 Å². The zero-order chi connectivity index (χ0) is 15.2. The molecular weight excluding hydrogens is 320 g/mol. The first-order valence-corrected chi connectivity index (χ1v) is 8.90. The van der Waals surface area contributed by atoms with Gasteiger partial charge in [-0.3, -0.25) is 0 Å². The van der Waals surface area contributed by atoms with Crippen molar-refractivity contribution in [1.29, 1.82) is 0 Å². The summed E-state index contributed by atoms with van der Waals surface area (Å²) in [5.41, 5.74) is 4.53. The average Bonchev–Trinajstić information content (AvgIpc) is 2.11. The van der Waals surface area contributed by atoms with E-state index in [1.165, 1.54) is 0 Å². The molecule has 0 aliphatic rings. The van der Waals surface area contributed by atoms with Crippen LogP contribution in [-0.2, 0) is 30.1 Å². The average molecular weight is 330 g/mol. The second-order valence-electron chi connectivity index (χ2n) is 3.47. The van der Waals surface area contributed by atoms with E-state index >= 15 is 0 Å². The third-order valence-corrected chi connectivity index (χ3v) is 4.81. The Balaban J connectivity index is 4.00. The van der Waals surface area contributed by atoms with Gasteiger partial charge in [0.05, 0.1) is 10.6 Å². The molecule has 1 aromatic carbocycles. The minimum Gasteiger partial charge on any atom is -0.397 e. The summed E-state index contributed by atoms with van der Waals surface area (Å²) in [6.45, 7) is 0. The van der Waals surface area contributed by atoms with Crippen molar-refractivity contribution in [2.45, 2.75) is 14.7 Å². The Morgan fingerprint density at radius 3 is 1.21 bits per heavy atom. The Morgan fingerprint density at radius 1 is 0.684 bits per heavy atom. The van der Waals surface area contributed by atoms with Gasteiger partial charge in [-0.15, -0.1) is 0 Å². The molecule has 0 unspecified atom stereocenters. The first-order valence-electron chi connectivity index (χ1n) is 4.26. The van der Waals surface area contributed by atoms with Gasteiger partial charge in [-0.1, -0.05) is 0 Å². The predicted molar refractivity (Wildman–Crippen MR) is 65.0 cm³/mol. The fraction of sp³-hybridized carbons (Fsp3) is 0. The molecule has 1 aromatic rings. The highest BCUT2D eigenvalue weighted by molar-refractivity contribution is 7.91. The van der Waals surface area contributed by atoms with Crippen LogP contribution in [0.25, 0.3) is 0 Å². The maximum Gasteiger partial charge on any atom is 0.240 e. The van der Waals surface area contributed by atoms with E-state index in [1.54, 1.807) is 0 Å². The summed E-state index contributed by atoms with van der Waals surface area (Å²) in [5.74, 6) is 0. The van der Waals surface area contributed by atoms with Gasteiger partial charge in [-0.2, -0.15) is 0 Å². The second kappa shape index (κ2) is 4.39. The summed E-state index contributed by atoms with van der Waals surface area (Å²) in [7, 11) is -13.3. The number of nitrogens with two attached hydrogens (primary N) is 4. The zero-order valence-electron chi connectivity index (χ0n) is 9.14. The van der Waals surface area contributed by atoms with E-state index in [1.807, 2.05) is 0 Å². The lowest BCUT2D eigenvalue weighted by Crippen LogP contribution is -2.22. The SMILES string of the molecule is Nc1c(S(N)(=O)=O)cc(S(N)(=O)=O)cc1S(N)(=O)=O. The van der Waals surface area contributed by atoms with Gasteiger partial charge in [-0.05, 0) is 12.1 Å². The minimum atomic E-state index is -4.46. The van der Waals surface area contributed by atoms with Gasteiger partial charge in [0.25, 0.3) is 0 Å². The zero-order valence-corrected chi connectivity index (χ0v) is 11.6. The van der Waals surface area contributed by atoms with Crippen molar-refractivity contribution < 1.29 is 25.3 Å². The number of benzene rings is 1. The van der Waals surface area contributed by atoms with Crippen LogP contribution < -0.4 is 21.2 Å². The monoisotopic (exact) mass is 330 g/mol. The Hall–Kier alpha value is -1.25. The number of nitrogen functional groups attached to an aromatic ring is 1. The Bertz CT molecular complexity index is 786. The Kier molecular flexibility index (Phi) is 3.66. The number of anilines is 1. The van der Waals surface area contributed by atoms with Crippen molar-refractivity contribution in [3.05, 3.63) is 12.1 Å².